The molecule has 7 nitrogen and oxygen atoms in total. The quantitative estimate of drug-likeness (QED) is 0.371. The second kappa shape index (κ2) is 10.2. The monoisotopic (exact) mass is 486 g/mol. The summed E-state index contributed by atoms with van der Waals surface area (Å²) in [5.41, 5.74) is 4.04. The standard InChI is InChI=1S/C27H26N4O3S/c1-18-8-11-22(12-9-18)31-26(20-6-4-3-5-7-20)29-30-27(31)35-17-25(32)28-19(2)21-10-13-23-24(16-21)34-15-14-33-23/h3-13,16,19H,14-15,17H2,1-2H3,(H,28,32). The third-order valence-electron chi connectivity index (χ3n) is 5.73. The zero-order chi connectivity index (χ0) is 24.2. The van der Waals surface area contributed by atoms with Crippen LogP contribution < -0.4 is 14.8 Å². The molecule has 1 atom stereocenters. The summed E-state index contributed by atoms with van der Waals surface area (Å²) >= 11 is 1.36. The van der Waals surface area contributed by atoms with Crippen LogP contribution in [-0.4, -0.2) is 39.6 Å². The van der Waals surface area contributed by atoms with Gasteiger partial charge in [0.25, 0.3) is 0 Å². The van der Waals surface area contributed by atoms with E-state index < -0.39 is 0 Å². The van der Waals surface area contributed by atoms with Crippen LogP contribution in [0.3, 0.4) is 0 Å². The summed E-state index contributed by atoms with van der Waals surface area (Å²) in [5.74, 6) is 2.31. The van der Waals surface area contributed by atoms with Gasteiger partial charge in [-0.25, -0.2) is 0 Å². The smallest absolute Gasteiger partial charge is 0.230 e. The maximum atomic E-state index is 12.8. The second-order valence-corrected chi connectivity index (χ2v) is 9.27. The third kappa shape index (κ3) is 5.17. The highest BCUT2D eigenvalue weighted by Crippen LogP contribution is 2.33. The van der Waals surface area contributed by atoms with Crippen LogP contribution in [0.2, 0.25) is 0 Å². The number of hydrogen-bond donors (Lipinski definition) is 1. The molecule has 1 N–H and O–H groups in total. The van der Waals surface area contributed by atoms with Gasteiger partial charge in [0.15, 0.2) is 22.5 Å². The van der Waals surface area contributed by atoms with E-state index in [2.05, 4.69) is 34.6 Å². The molecule has 0 spiro atoms. The van der Waals surface area contributed by atoms with Gasteiger partial charge < -0.3 is 14.8 Å². The lowest BCUT2D eigenvalue weighted by Crippen LogP contribution is -2.28. The predicted molar refractivity (Wildman–Crippen MR) is 136 cm³/mol. The van der Waals surface area contributed by atoms with Crippen LogP contribution in [-0.2, 0) is 4.79 Å². The number of aromatic nitrogens is 3. The van der Waals surface area contributed by atoms with Crippen LogP contribution in [0, 0.1) is 6.92 Å². The van der Waals surface area contributed by atoms with Gasteiger partial charge in [0, 0.05) is 11.3 Å². The summed E-state index contributed by atoms with van der Waals surface area (Å²) in [4.78, 5) is 12.8. The van der Waals surface area contributed by atoms with Crippen LogP contribution in [0.4, 0.5) is 0 Å². The number of thioether (sulfide) groups is 1. The largest absolute Gasteiger partial charge is 0.486 e. The number of carbonyl (C=O) groups is 1. The van der Waals surface area contributed by atoms with Crippen molar-refractivity contribution in [1.29, 1.82) is 0 Å². The minimum Gasteiger partial charge on any atom is -0.486 e. The number of rotatable bonds is 7. The second-order valence-electron chi connectivity index (χ2n) is 8.32. The van der Waals surface area contributed by atoms with Gasteiger partial charge in [0.1, 0.15) is 13.2 Å². The number of aryl methyl sites for hydroxylation is 1. The fourth-order valence-electron chi connectivity index (χ4n) is 3.89. The first kappa shape index (κ1) is 23.0. The van der Waals surface area contributed by atoms with Gasteiger partial charge in [-0.3, -0.25) is 9.36 Å². The molecule has 1 aliphatic rings. The zero-order valence-corrected chi connectivity index (χ0v) is 20.4. The molecule has 0 aliphatic carbocycles. The lowest BCUT2D eigenvalue weighted by atomic mass is 10.1. The van der Waals surface area contributed by atoms with Crippen LogP contribution in [0.25, 0.3) is 17.1 Å². The molecule has 3 aromatic carbocycles. The van der Waals surface area contributed by atoms with E-state index in [-0.39, 0.29) is 17.7 Å². The summed E-state index contributed by atoms with van der Waals surface area (Å²) in [5, 5.41) is 12.6. The summed E-state index contributed by atoms with van der Waals surface area (Å²) in [6.07, 6.45) is 0. The first-order chi connectivity index (χ1) is 17.1. The lowest BCUT2D eigenvalue weighted by Gasteiger charge is -2.21. The van der Waals surface area contributed by atoms with E-state index in [0.29, 0.717) is 24.1 Å². The Bertz CT molecular complexity index is 1320. The van der Waals surface area contributed by atoms with Crippen molar-refractivity contribution in [2.75, 3.05) is 19.0 Å². The van der Waals surface area contributed by atoms with Gasteiger partial charge in [-0.15, -0.1) is 10.2 Å². The number of carbonyl (C=O) groups excluding carboxylic acids is 1. The number of benzene rings is 3. The van der Waals surface area contributed by atoms with Crippen molar-refractivity contribution in [1.82, 2.24) is 20.1 Å². The molecule has 1 unspecified atom stereocenters. The molecule has 0 radical (unpaired) electrons. The number of nitrogens with zero attached hydrogens (tertiary/aromatic N) is 3. The van der Waals surface area contributed by atoms with Crippen LogP contribution in [0.5, 0.6) is 11.5 Å². The molecule has 1 aromatic heterocycles. The van der Waals surface area contributed by atoms with E-state index in [4.69, 9.17) is 9.47 Å². The molecule has 5 rings (SSSR count). The maximum absolute atomic E-state index is 12.8. The number of amides is 1. The molecule has 0 saturated carbocycles. The Morgan fingerprint density at radius 3 is 2.51 bits per heavy atom. The van der Waals surface area contributed by atoms with E-state index >= 15 is 0 Å². The molecule has 0 saturated heterocycles. The van der Waals surface area contributed by atoms with E-state index in [0.717, 1.165) is 28.4 Å². The maximum Gasteiger partial charge on any atom is 0.230 e. The topological polar surface area (TPSA) is 78.3 Å². The summed E-state index contributed by atoms with van der Waals surface area (Å²) < 4.78 is 13.2. The average Bonchev–Trinajstić information content (AvgIpc) is 3.32. The first-order valence-electron chi connectivity index (χ1n) is 11.5. The summed E-state index contributed by atoms with van der Waals surface area (Å²) in [6, 6.07) is 23.7. The molecule has 178 valence electrons. The number of nitrogens with one attached hydrogen (secondary N) is 1. The molecule has 2 heterocycles. The van der Waals surface area contributed by atoms with Crippen molar-refractivity contribution in [3.8, 4) is 28.6 Å². The van der Waals surface area contributed by atoms with Crippen molar-refractivity contribution >= 4 is 17.7 Å². The van der Waals surface area contributed by atoms with Gasteiger partial charge in [0.2, 0.25) is 5.91 Å². The highest BCUT2D eigenvalue weighted by molar-refractivity contribution is 7.99. The van der Waals surface area contributed by atoms with Crippen molar-refractivity contribution < 1.29 is 14.3 Å². The van der Waals surface area contributed by atoms with Crippen molar-refractivity contribution in [2.24, 2.45) is 0 Å². The Morgan fingerprint density at radius 1 is 1.00 bits per heavy atom. The highest BCUT2D eigenvalue weighted by atomic mass is 32.2. The zero-order valence-electron chi connectivity index (χ0n) is 19.6. The van der Waals surface area contributed by atoms with Crippen molar-refractivity contribution in [3.63, 3.8) is 0 Å². The Balaban J connectivity index is 1.31. The minimum absolute atomic E-state index is 0.0860. The average molecular weight is 487 g/mol. The Kier molecular flexibility index (Phi) is 6.72. The molecule has 35 heavy (non-hydrogen) atoms. The van der Waals surface area contributed by atoms with Gasteiger partial charge >= 0.3 is 0 Å². The normalized spacial score (nSPS) is 13.3. The minimum atomic E-state index is -0.172. The van der Waals surface area contributed by atoms with Crippen LogP contribution in [0.1, 0.15) is 24.1 Å². The van der Waals surface area contributed by atoms with Gasteiger partial charge in [-0.2, -0.15) is 0 Å². The molecule has 8 heteroatoms. The molecular formula is C27H26N4O3S. The summed E-state index contributed by atoms with van der Waals surface area (Å²) in [7, 11) is 0. The Hall–Kier alpha value is -3.78. The fraction of sp³-hybridized carbons (Fsp3) is 0.222. The van der Waals surface area contributed by atoms with Gasteiger partial charge in [0.05, 0.1) is 11.8 Å². The first-order valence-corrected chi connectivity index (χ1v) is 12.5. The van der Waals surface area contributed by atoms with Gasteiger partial charge in [-0.05, 0) is 43.7 Å². The molecule has 1 amide bonds. The van der Waals surface area contributed by atoms with Crippen LogP contribution in [0.15, 0.2) is 78.0 Å². The molecule has 4 aromatic rings. The van der Waals surface area contributed by atoms with Gasteiger partial charge in [-0.1, -0.05) is 65.9 Å². The third-order valence-corrected chi connectivity index (χ3v) is 6.66. The van der Waals surface area contributed by atoms with Crippen molar-refractivity contribution in [3.05, 3.63) is 83.9 Å². The fourth-order valence-corrected chi connectivity index (χ4v) is 4.65. The molecule has 0 fully saturated rings. The number of hydrogen-bond acceptors (Lipinski definition) is 6. The van der Waals surface area contributed by atoms with Crippen LogP contribution >= 0.6 is 11.8 Å². The highest BCUT2D eigenvalue weighted by Gasteiger charge is 2.19. The lowest BCUT2D eigenvalue weighted by molar-refractivity contribution is -0.119. The predicted octanol–water partition coefficient (Wildman–Crippen LogP) is 4.98. The van der Waals surface area contributed by atoms with Crippen molar-refractivity contribution in [2.45, 2.75) is 25.0 Å². The number of ether oxygens (including phenoxy) is 2. The Labute approximate surface area is 208 Å². The van der Waals surface area contributed by atoms with E-state index in [1.165, 1.54) is 17.3 Å². The summed E-state index contributed by atoms with van der Waals surface area (Å²) in [6.45, 7) is 5.09. The van der Waals surface area contributed by atoms with E-state index in [1.54, 1.807) is 0 Å². The number of fused-ring (bicyclic) bond motifs is 1. The van der Waals surface area contributed by atoms with E-state index in [1.807, 2.05) is 72.2 Å². The molecule has 0 bridgehead atoms. The molecular weight excluding hydrogens is 460 g/mol. The molecule has 1 aliphatic heterocycles. The SMILES string of the molecule is Cc1ccc(-n2c(SCC(=O)NC(C)c3ccc4c(c3)OCCO4)nnc2-c2ccccc2)cc1. The van der Waals surface area contributed by atoms with E-state index in [9.17, 15) is 4.79 Å². The Morgan fingerprint density at radius 2 is 1.74 bits per heavy atom.